The number of hydrogen-bond donors (Lipinski definition) is 1. The molecule has 2 amide bonds. The fourth-order valence-electron chi connectivity index (χ4n) is 2.93. The highest BCUT2D eigenvalue weighted by Gasteiger charge is 2.39. The number of amides is 2. The van der Waals surface area contributed by atoms with Gasteiger partial charge in [-0.3, -0.25) is 9.59 Å². The first-order chi connectivity index (χ1) is 12.8. The van der Waals surface area contributed by atoms with Crippen LogP contribution in [0.4, 0.5) is 5.13 Å². The third-order valence-electron chi connectivity index (χ3n) is 4.34. The van der Waals surface area contributed by atoms with Gasteiger partial charge in [0.2, 0.25) is 16.9 Å². The van der Waals surface area contributed by atoms with Gasteiger partial charge in [0.1, 0.15) is 5.01 Å². The molecule has 1 fully saturated rings. The molecule has 0 radical (unpaired) electrons. The maximum atomic E-state index is 12.5. The molecule has 3 rings (SSSR count). The van der Waals surface area contributed by atoms with Crippen molar-refractivity contribution in [2.75, 3.05) is 11.9 Å². The zero-order valence-corrected chi connectivity index (χ0v) is 17.4. The molecule has 1 atom stereocenters. The fourth-order valence-corrected chi connectivity index (χ4v) is 4.72. The Morgan fingerprint density at radius 1 is 1.26 bits per heavy atom. The van der Waals surface area contributed by atoms with E-state index in [1.807, 2.05) is 39.0 Å². The van der Waals surface area contributed by atoms with Crippen molar-refractivity contribution in [3.8, 4) is 0 Å². The second kappa shape index (κ2) is 8.39. The molecule has 1 unspecified atom stereocenters. The molecular formula is C19H24N4O2S2. The van der Waals surface area contributed by atoms with Gasteiger partial charge in [-0.25, -0.2) is 0 Å². The third kappa shape index (κ3) is 5.29. The van der Waals surface area contributed by atoms with E-state index in [9.17, 15) is 9.59 Å². The van der Waals surface area contributed by atoms with Crippen molar-refractivity contribution in [2.45, 2.75) is 44.2 Å². The number of carbonyl (C=O) groups excluding carboxylic acids is 2. The molecule has 1 aromatic carbocycles. The van der Waals surface area contributed by atoms with E-state index in [0.717, 1.165) is 16.5 Å². The quantitative estimate of drug-likeness (QED) is 0.797. The number of nitrogens with zero attached hydrogens (tertiary/aromatic N) is 3. The van der Waals surface area contributed by atoms with Gasteiger partial charge in [-0.1, -0.05) is 41.7 Å². The van der Waals surface area contributed by atoms with Crippen LogP contribution in [0.15, 0.2) is 30.3 Å². The molecule has 6 nitrogen and oxygen atoms in total. The van der Waals surface area contributed by atoms with E-state index in [2.05, 4.69) is 27.6 Å². The SMILES string of the molecule is CC(C)(C)N1CC(C(=O)Nc2nnc(CSCc3ccccc3)s2)CC1=O. The fraction of sp³-hybridized carbons (Fsp3) is 0.474. The van der Waals surface area contributed by atoms with E-state index in [1.54, 1.807) is 16.7 Å². The zero-order chi connectivity index (χ0) is 19.4. The van der Waals surface area contributed by atoms with Gasteiger partial charge in [-0.15, -0.1) is 22.0 Å². The summed E-state index contributed by atoms with van der Waals surface area (Å²) in [6.07, 6.45) is 0.252. The predicted molar refractivity (Wildman–Crippen MR) is 110 cm³/mol. The summed E-state index contributed by atoms with van der Waals surface area (Å²) in [5.41, 5.74) is 1.01. The summed E-state index contributed by atoms with van der Waals surface area (Å²) in [5, 5.41) is 12.4. The summed E-state index contributed by atoms with van der Waals surface area (Å²) in [5.74, 6) is 1.20. The molecule has 0 spiro atoms. The zero-order valence-electron chi connectivity index (χ0n) is 15.8. The summed E-state index contributed by atoms with van der Waals surface area (Å²) in [4.78, 5) is 26.4. The lowest BCUT2D eigenvalue weighted by Gasteiger charge is -2.31. The largest absolute Gasteiger partial charge is 0.337 e. The number of thioether (sulfide) groups is 1. The number of anilines is 1. The monoisotopic (exact) mass is 404 g/mol. The Morgan fingerprint density at radius 2 is 2.00 bits per heavy atom. The van der Waals surface area contributed by atoms with E-state index >= 15 is 0 Å². The maximum Gasteiger partial charge on any atom is 0.231 e. The minimum Gasteiger partial charge on any atom is -0.337 e. The lowest BCUT2D eigenvalue weighted by molar-refractivity contribution is -0.131. The number of rotatable bonds is 6. The molecule has 1 aliphatic heterocycles. The normalized spacial score (nSPS) is 17.4. The van der Waals surface area contributed by atoms with Crippen molar-refractivity contribution in [3.05, 3.63) is 40.9 Å². The Labute approximate surface area is 167 Å². The predicted octanol–water partition coefficient (Wildman–Crippen LogP) is 3.56. The average molecular weight is 405 g/mol. The molecule has 27 heavy (non-hydrogen) atoms. The van der Waals surface area contributed by atoms with Gasteiger partial charge in [-0.2, -0.15) is 0 Å². The number of nitrogens with one attached hydrogen (secondary N) is 1. The first kappa shape index (κ1) is 19.8. The second-order valence-electron chi connectivity index (χ2n) is 7.54. The van der Waals surface area contributed by atoms with Gasteiger partial charge < -0.3 is 10.2 Å². The van der Waals surface area contributed by atoms with Crippen molar-refractivity contribution in [2.24, 2.45) is 5.92 Å². The molecule has 1 aromatic heterocycles. The van der Waals surface area contributed by atoms with Crippen LogP contribution in [-0.2, 0) is 21.1 Å². The number of hydrogen-bond acceptors (Lipinski definition) is 6. The van der Waals surface area contributed by atoms with Crippen LogP contribution in [0.1, 0.15) is 37.8 Å². The van der Waals surface area contributed by atoms with Crippen LogP contribution in [-0.4, -0.2) is 39.0 Å². The van der Waals surface area contributed by atoms with Gasteiger partial charge in [0, 0.05) is 30.0 Å². The molecule has 8 heteroatoms. The highest BCUT2D eigenvalue weighted by atomic mass is 32.2. The minimum absolute atomic E-state index is 0.0258. The highest BCUT2D eigenvalue weighted by molar-refractivity contribution is 7.97. The second-order valence-corrected chi connectivity index (χ2v) is 9.59. The summed E-state index contributed by atoms with van der Waals surface area (Å²) in [7, 11) is 0. The van der Waals surface area contributed by atoms with E-state index in [4.69, 9.17) is 0 Å². The molecule has 1 aliphatic rings. The summed E-state index contributed by atoms with van der Waals surface area (Å²) in [6.45, 7) is 6.40. The van der Waals surface area contributed by atoms with Crippen LogP contribution < -0.4 is 5.32 Å². The molecule has 1 saturated heterocycles. The van der Waals surface area contributed by atoms with E-state index in [-0.39, 0.29) is 29.7 Å². The van der Waals surface area contributed by atoms with Gasteiger partial charge in [0.15, 0.2) is 0 Å². The summed E-state index contributed by atoms with van der Waals surface area (Å²) < 4.78 is 0. The number of benzene rings is 1. The standard InChI is InChI=1S/C19H24N4O2S2/c1-19(2,3)23-10-14(9-16(23)24)17(25)20-18-22-21-15(27-18)12-26-11-13-7-5-4-6-8-13/h4-8,14H,9-12H2,1-3H3,(H,20,22,25). The molecule has 0 aliphatic carbocycles. The van der Waals surface area contributed by atoms with Crippen LogP contribution in [0, 0.1) is 5.92 Å². The summed E-state index contributed by atoms with van der Waals surface area (Å²) in [6, 6.07) is 10.3. The molecular weight excluding hydrogens is 380 g/mol. The summed E-state index contributed by atoms with van der Waals surface area (Å²) >= 11 is 3.15. The molecule has 1 N–H and O–H groups in total. The third-order valence-corrected chi connectivity index (χ3v) is 6.38. The van der Waals surface area contributed by atoms with Crippen LogP contribution in [0.5, 0.6) is 0 Å². The first-order valence-corrected chi connectivity index (χ1v) is 10.9. The Balaban J connectivity index is 1.49. The highest BCUT2D eigenvalue weighted by Crippen LogP contribution is 2.28. The van der Waals surface area contributed by atoms with Gasteiger partial charge >= 0.3 is 0 Å². The van der Waals surface area contributed by atoms with Crippen molar-refractivity contribution < 1.29 is 9.59 Å². The minimum atomic E-state index is -0.337. The topological polar surface area (TPSA) is 75.2 Å². The number of likely N-dealkylation sites (tertiary alicyclic amines) is 1. The molecule has 0 saturated carbocycles. The molecule has 144 valence electrons. The Morgan fingerprint density at radius 3 is 2.67 bits per heavy atom. The van der Waals surface area contributed by atoms with Gasteiger partial charge in [-0.05, 0) is 26.3 Å². The smallest absolute Gasteiger partial charge is 0.231 e. The Kier molecular flexibility index (Phi) is 6.16. The lowest BCUT2D eigenvalue weighted by Crippen LogP contribution is -2.42. The first-order valence-electron chi connectivity index (χ1n) is 8.88. The van der Waals surface area contributed by atoms with E-state index < -0.39 is 0 Å². The molecule has 0 bridgehead atoms. The average Bonchev–Trinajstić information content (AvgIpc) is 3.22. The van der Waals surface area contributed by atoms with Gasteiger partial charge in [0.25, 0.3) is 0 Å². The maximum absolute atomic E-state index is 12.5. The van der Waals surface area contributed by atoms with Crippen molar-refractivity contribution in [1.82, 2.24) is 15.1 Å². The van der Waals surface area contributed by atoms with Gasteiger partial charge in [0.05, 0.1) is 5.92 Å². The van der Waals surface area contributed by atoms with Crippen LogP contribution in [0.3, 0.4) is 0 Å². The lowest BCUT2D eigenvalue weighted by atomic mass is 10.1. The number of aromatic nitrogens is 2. The Hall–Kier alpha value is -1.93. The van der Waals surface area contributed by atoms with E-state index in [1.165, 1.54) is 16.9 Å². The van der Waals surface area contributed by atoms with Crippen molar-refractivity contribution in [3.63, 3.8) is 0 Å². The van der Waals surface area contributed by atoms with Crippen LogP contribution in [0.25, 0.3) is 0 Å². The van der Waals surface area contributed by atoms with E-state index in [0.29, 0.717) is 11.7 Å². The Bertz CT molecular complexity index is 802. The molecule has 2 aromatic rings. The number of carbonyl (C=O) groups is 2. The van der Waals surface area contributed by atoms with Crippen molar-refractivity contribution >= 4 is 40.0 Å². The van der Waals surface area contributed by atoms with Crippen LogP contribution in [0.2, 0.25) is 0 Å². The van der Waals surface area contributed by atoms with Crippen molar-refractivity contribution in [1.29, 1.82) is 0 Å². The molecule has 2 heterocycles. The van der Waals surface area contributed by atoms with Crippen LogP contribution >= 0.6 is 23.1 Å².